The van der Waals surface area contributed by atoms with Crippen molar-refractivity contribution in [2.75, 3.05) is 6.61 Å². The molecule has 0 radical (unpaired) electrons. The van der Waals surface area contributed by atoms with Gasteiger partial charge in [-0.3, -0.25) is 0 Å². The van der Waals surface area contributed by atoms with E-state index in [1.165, 1.54) is 6.92 Å². The van der Waals surface area contributed by atoms with Crippen LogP contribution in [0.1, 0.15) is 45.0 Å². The van der Waals surface area contributed by atoms with Crippen LogP contribution in [0, 0.1) is 5.82 Å². The highest BCUT2D eigenvalue weighted by molar-refractivity contribution is 7.90. The fourth-order valence-corrected chi connectivity index (χ4v) is 3.33. The summed E-state index contributed by atoms with van der Waals surface area (Å²) in [6.45, 7) is 6.13. The number of pyridine rings is 1. The average molecular weight is 494 g/mol. The summed E-state index contributed by atoms with van der Waals surface area (Å²) in [6, 6.07) is 3.16. The quantitative estimate of drug-likeness (QED) is 0.315. The van der Waals surface area contributed by atoms with E-state index in [1.54, 1.807) is 20.8 Å². The second-order valence-corrected chi connectivity index (χ2v) is 9.79. The van der Waals surface area contributed by atoms with Crippen molar-refractivity contribution in [1.29, 1.82) is 0 Å². The van der Waals surface area contributed by atoms with Crippen molar-refractivity contribution in [3.8, 4) is 11.5 Å². The van der Waals surface area contributed by atoms with Crippen molar-refractivity contribution >= 4 is 17.3 Å². The molecule has 0 amide bonds. The summed E-state index contributed by atoms with van der Waals surface area (Å²) in [5, 5.41) is 0. The lowest BCUT2D eigenvalue weighted by Crippen LogP contribution is -2.46. The summed E-state index contributed by atoms with van der Waals surface area (Å²) in [5.74, 6) is -2.37. The van der Waals surface area contributed by atoms with E-state index in [0.717, 1.165) is 30.5 Å². The summed E-state index contributed by atoms with van der Waals surface area (Å²) in [4.78, 5) is 15.3. The van der Waals surface area contributed by atoms with Crippen LogP contribution in [0.25, 0.3) is 0 Å². The van der Waals surface area contributed by atoms with Gasteiger partial charge in [-0.05, 0) is 58.0 Å². The highest BCUT2D eigenvalue weighted by Gasteiger charge is 2.39. The molecule has 0 saturated carbocycles. The number of nitrogens with one attached hydrogen (secondary N) is 1. The molecule has 0 aliphatic heterocycles. The molecule has 0 fully saturated rings. The number of carbonyl (C=O) groups excluding carboxylic acids is 1. The molecular weight excluding hydrogens is 471 g/mol. The number of aromatic nitrogens is 1. The summed E-state index contributed by atoms with van der Waals surface area (Å²) < 4.78 is 91.8. The van der Waals surface area contributed by atoms with Gasteiger partial charge in [0.05, 0.1) is 12.8 Å². The minimum Gasteiger partial charge on any atom is -0.598 e. The lowest BCUT2D eigenvalue weighted by molar-refractivity contribution is -0.150. The maximum atomic E-state index is 15.0. The number of esters is 1. The fraction of sp³-hybridized carbons (Fsp3) is 0.429. The summed E-state index contributed by atoms with van der Waals surface area (Å²) >= 11 is -1.89. The molecule has 33 heavy (non-hydrogen) atoms. The first-order chi connectivity index (χ1) is 15.2. The predicted octanol–water partition coefficient (Wildman–Crippen LogP) is 5.03. The Bertz CT molecular complexity index is 951. The molecule has 1 N–H and O–H groups in total. The van der Waals surface area contributed by atoms with Crippen LogP contribution < -0.4 is 9.46 Å². The number of halogens is 5. The molecule has 182 valence electrons. The van der Waals surface area contributed by atoms with Crippen molar-refractivity contribution in [2.45, 2.75) is 50.8 Å². The molecule has 0 aliphatic carbocycles. The van der Waals surface area contributed by atoms with Gasteiger partial charge in [0.25, 0.3) is 0 Å². The van der Waals surface area contributed by atoms with Gasteiger partial charge >= 0.3 is 12.1 Å². The van der Waals surface area contributed by atoms with Crippen LogP contribution in [0.2, 0.25) is 0 Å². The van der Waals surface area contributed by atoms with E-state index in [0.29, 0.717) is 6.07 Å². The molecule has 0 bridgehead atoms. The molecule has 0 spiro atoms. The number of ether oxygens (including phenoxy) is 2. The van der Waals surface area contributed by atoms with Gasteiger partial charge < -0.3 is 14.0 Å². The molecular formula is C21H23F5N2O4S. The molecule has 6 nitrogen and oxygen atoms in total. The van der Waals surface area contributed by atoms with Crippen LogP contribution in [0.3, 0.4) is 0 Å². The predicted molar refractivity (Wildman–Crippen MR) is 111 cm³/mol. The first-order valence-corrected chi connectivity index (χ1v) is 10.9. The summed E-state index contributed by atoms with van der Waals surface area (Å²) in [7, 11) is 0. The van der Waals surface area contributed by atoms with Crippen LogP contribution in [-0.4, -0.2) is 33.0 Å². The molecule has 12 heteroatoms. The highest BCUT2D eigenvalue weighted by Crippen LogP contribution is 2.33. The standard InChI is InChI=1S/C21H23F5N2O4S/c1-5-31-19(29)17(23)18(28-33(30)20(2,3)4)14-10-12(6-8-15(14)22)32-13-7-9-16(27-11-13)21(24,25)26/h6-11,17-18,28H,5H2,1-4H3/t17-,18+,33-/m1/s1. The molecule has 2 rings (SSSR count). The van der Waals surface area contributed by atoms with Gasteiger partial charge in [-0.15, -0.1) is 4.72 Å². The number of hydrogen-bond acceptors (Lipinski definition) is 6. The number of nitrogens with zero attached hydrogens (tertiary/aromatic N) is 1. The molecule has 0 aliphatic rings. The van der Waals surface area contributed by atoms with Crippen LogP contribution in [0.15, 0.2) is 36.5 Å². The number of benzene rings is 1. The van der Waals surface area contributed by atoms with Gasteiger partial charge in [0.2, 0.25) is 6.17 Å². The van der Waals surface area contributed by atoms with Crippen LogP contribution >= 0.6 is 0 Å². The first-order valence-electron chi connectivity index (χ1n) is 9.73. The Hall–Kier alpha value is -2.44. The van der Waals surface area contributed by atoms with Crippen molar-refractivity contribution in [3.05, 3.63) is 53.6 Å². The Labute approximate surface area is 190 Å². The molecule has 2 aromatic rings. The second-order valence-electron chi connectivity index (χ2n) is 7.79. The number of alkyl halides is 4. The van der Waals surface area contributed by atoms with Crippen LogP contribution in [0.5, 0.6) is 11.5 Å². The molecule has 0 unspecified atom stereocenters. The zero-order valence-corrected chi connectivity index (χ0v) is 19.0. The monoisotopic (exact) mass is 494 g/mol. The SMILES string of the molecule is CCOC(=O)[C@H](F)[C@@H](N[S@+]([O-])C(C)(C)C)c1cc(Oc2ccc(C(F)(F)F)nc2)ccc1F. The Morgan fingerprint density at radius 1 is 1.18 bits per heavy atom. The molecule has 3 atom stereocenters. The lowest BCUT2D eigenvalue weighted by Gasteiger charge is -2.29. The Balaban J connectivity index is 2.38. The van der Waals surface area contributed by atoms with Crippen molar-refractivity contribution in [1.82, 2.24) is 9.71 Å². The Morgan fingerprint density at radius 2 is 1.82 bits per heavy atom. The minimum atomic E-state index is -4.63. The molecule has 1 aromatic heterocycles. The van der Waals surface area contributed by atoms with Crippen LogP contribution in [-0.2, 0) is 27.1 Å². The number of carbonyl (C=O) groups is 1. The first kappa shape index (κ1) is 26.8. The topological polar surface area (TPSA) is 83.5 Å². The smallest absolute Gasteiger partial charge is 0.433 e. The Morgan fingerprint density at radius 3 is 2.33 bits per heavy atom. The average Bonchev–Trinajstić information content (AvgIpc) is 2.72. The maximum absolute atomic E-state index is 15.0. The van der Waals surface area contributed by atoms with Crippen molar-refractivity contribution < 1.29 is 40.8 Å². The summed E-state index contributed by atoms with van der Waals surface area (Å²) in [6.07, 6.45) is -6.21. The van der Waals surface area contributed by atoms with Crippen LogP contribution in [0.4, 0.5) is 22.0 Å². The van der Waals surface area contributed by atoms with Gasteiger partial charge in [0.1, 0.15) is 33.8 Å². The highest BCUT2D eigenvalue weighted by atomic mass is 32.2. The second kappa shape index (κ2) is 10.7. The number of hydrogen-bond donors (Lipinski definition) is 1. The zero-order chi connectivity index (χ0) is 25.0. The van der Waals surface area contributed by atoms with Gasteiger partial charge in [-0.25, -0.2) is 18.6 Å². The van der Waals surface area contributed by atoms with E-state index < -0.39 is 52.0 Å². The molecule has 1 aromatic carbocycles. The van der Waals surface area contributed by atoms with Crippen molar-refractivity contribution in [2.24, 2.45) is 0 Å². The fourth-order valence-electron chi connectivity index (χ4n) is 2.50. The lowest BCUT2D eigenvalue weighted by atomic mass is 10.0. The van der Waals surface area contributed by atoms with E-state index in [4.69, 9.17) is 4.74 Å². The Kier molecular flexibility index (Phi) is 8.66. The third kappa shape index (κ3) is 7.27. The van der Waals surface area contributed by atoms with Crippen molar-refractivity contribution in [3.63, 3.8) is 0 Å². The third-order valence-corrected chi connectivity index (χ3v) is 5.74. The molecule has 0 saturated heterocycles. The van der Waals surface area contributed by atoms with E-state index in [-0.39, 0.29) is 23.7 Å². The third-order valence-electron chi connectivity index (χ3n) is 4.16. The van der Waals surface area contributed by atoms with E-state index in [1.807, 2.05) is 0 Å². The normalized spacial score (nSPS) is 15.0. The van der Waals surface area contributed by atoms with E-state index >= 15 is 0 Å². The van der Waals surface area contributed by atoms with E-state index in [2.05, 4.69) is 14.4 Å². The van der Waals surface area contributed by atoms with Gasteiger partial charge in [0.15, 0.2) is 0 Å². The van der Waals surface area contributed by atoms with E-state index in [9.17, 15) is 31.3 Å². The van der Waals surface area contributed by atoms with Gasteiger partial charge in [-0.2, -0.15) is 13.2 Å². The minimum absolute atomic E-state index is 0.0719. The summed E-state index contributed by atoms with van der Waals surface area (Å²) in [5.41, 5.74) is -1.51. The zero-order valence-electron chi connectivity index (χ0n) is 18.2. The maximum Gasteiger partial charge on any atom is 0.433 e. The number of rotatable bonds is 8. The largest absolute Gasteiger partial charge is 0.598 e. The van der Waals surface area contributed by atoms with Gasteiger partial charge in [0, 0.05) is 16.9 Å². The van der Waals surface area contributed by atoms with Gasteiger partial charge in [-0.1, -0.05) is 0 Å². The molecule has 1 heterocycles.